The molecule has 0 aliphatic rings. The Morgan fingerprint density at radius 1 is 1.37 bits per heavy atom. The molecule has 0 amide bonds. The molecule has 0 bridgehead atoms. The molecule has 0 unspecified atom stereocenters. The van der Waals surface area contributed by atoms with Gasteiger partial charge < -0.3 is 4.74 Å². The fraction of sp³-hybridized carbons (Fsp3) is 0.600. The van der Waals surface area contributed by atoms with Crippen LogP contribution in [0.5, 0.6) is 0 Å². The molecule has 9 heteroatoms. The van der Waals surface area contributed by atoms with Crippen LogP contribution in [0, 0.1) is 6.92 Å². The van der Waals surface area contributed by atoms with E-state index in [0.29, 0.717) is 0 Å². The molecule has 0 aromatic carbocycles. The minimum atomic E-state index is -3.96. The SMILES string of the molecule is Cc1cnc([C@@H](OCC(F)F)[C@H](C)S(N)(=O)=O)nc1. The van der Waals surface area contributed by atoms with Gasteiger partial charge in [0, 0.05) is 12.4 Å². The minimum absolute atomic E-state index is 0.00720. The smallest absolute Gasteiger partial charge is 0.261 e. The van der Waals surface area contributed by atoms with Crippen molar-refractivity contribution < 1.29 is 21.9 Å². The minimum Gasteiger partial charge on any atom is -0.363 e. The Labute approximate surface area is 110 Å². The Bertz CT molecular complexity index is 507. The van der Waals surface area contributed by atoms with E-state index in [0.717, 1.165) is 5.56 Å². The molecule has 0 saturated carbocycles. The largest absolute Gasteiger partial charge is 0.363 e. The molecule has 6 nitrogen and oxygen atoms in total. The van der Waals surface area contributed by atoms with Gasteiger partial charge in [-0.25, -0.2) is 32.3 Å². The van der Waals surface area contributed by atoms with E-state index in [2.05, 4.69) is 9.97 Å². The van der Waals surface area contributed by atoms with Crippen LogP contribution in [0.3, 0.4) is 0 Å². The molecular weight excluding hydrogens is 280 g/mol. The van der Waals surface area contributed by atoms with Gasteiger partial charge in [0.25, 0.3) is 6.43 Å². The predicted octanol–water partition coefficient (Wildman–Crippen LogP) is 0.785. The average molecular weight is 295 g/mol. The lowest BCUT2D eigenvalue weighted by molar-refractivity contribution is -0.0283. The predicted molar refractivity (Wildman–Crippen MR) is 64.0 cm³/mol. The first-order chi connectivity index (χ1) is 8.71. The Morgan fingerprint density at radius 2 is 1.89 bits per heavy atom. The second-order valence-corrected chi connectivity index (χ2v) is 5.98. The van der Waals surface area contributed by atoms with Crippen molar-refractivity contribution in [3.8, 4) is 0 Å². The lowest BCUT2D eigenvalue weighted by atomic mass is 10.2. The first-order valence-electron chi connectivity index (χ1n) is 5.41. The summed E-state index contributed by atoms with van der Waals surface area (Å²) >= 11 is 0. The number of aromatic nitrogens is 2. The van der Waals surface area contributed by atoms with Gasteiger partial charge in [0.15, 0.2) is 5.82 Å². The normalized spacial score (nSPS) is 15.5. The Kier molecular flexibility index (Phi) is 5.27. The molecule has 108 valence electrons. The molecule has 0 fully saturated rings. The number of alkyl halides is 2. The van der Waals surface area contributed by atoms with E-state index in [4.69, 9.17) is 9.88 Å². The lowest BCUT2D eigenvalue weighted by Gasteiger charge is -2.21. The van der Waals surface area contributed by atoms with Gasteiger partial charge in [-0.1, -0.05) is 0 Å². The molecule has 2 atom stereocenters. The van der Waals surface area contributed by atoms with Crippen molar-refractivity contribution in [3.63, 3.8) is 0 Å². The van der Waals surface area contributed by atoms with Crippen molar-refractivity contribution in [1.82, 2.24) is 9.97 Å². The number of hydrogen-bond donors (Lipinski definition) is 1. The van der Waals surface area contributed by atoms with Crippen molar-refractivity contribution >= 4 is 10.0 Å². The van der Waals surface area contributed by atoms with Gasteiger partial charge in [-0.05, 0) is 19.4 Å². The van der Waals surface area contributed by atoms with Gasteiger partial charge in [0.05, 0.1) is 0 Å². The van der Waals surface area contributed by atoms with Crippen LogP contribution in [0.15, 0.2) is 12.4 Å². The number of hydrogen-bond acceptors (Lipinski definition) is 5. The summed E-state index contributed by atoms with van der Waals surface area (Å²) in [7, 11) is -3.96. The first kappa shape index (κ1) is 15.9. The molecule has 1 aromatic heterocycles. The number of sulfonamides is 1. The van der Waals surface area contributed by atoms with Crippen LogP contribution in [0.4, 0.5) is 8.78 Å². The van der Waals surface area contributed by atoms with Crippen molar-refractivity contribution in [2.24, 2.45) is 5.14 Å². The van der Waals surface area contributed by atoms with Crippen LogP contribution in [0.2, 0.25) is 0 Å². The number of primary sulfonamides is 1. The van der Waals surface area contributed by atoms with Crippen molar-refractivity contribution in [3.05, 3.63) is 23.8 Å². The highest BCUT2D eigenvalue weighted by Gasteiger charge is 2.31. The summed E-state index contributed by atoms with van der Waals surface area (Å²) in [5.41, 5.74) is 0.750. The summed E-state index contributed by atoms with van der Waals surface area (Å²) in [4.78, 5) is 7.78. The maximum Gasteiger partial charge on any atom is 0.261 e. The molecule has 0 spiro atoms. The van der Waals surface area contributed by atoms with Crippen LogP contribution in [0.1, 0.15) is 24.4 Å². The standard InChI is InChI=1S/C10H15F2N3O3S/c1-6-3-14-10(15-4-6)9(18-5-8(11)12)7(2)19(13,16)17/h3-4,7-9H,5H2,1-2H3,(H2,13,16,17)/t7-,9-/m0/s1. The second kappa shape index (κ2) is 6.31. The van der Waals surface area contributed by atoms with E-state index in [-0.39, 0.29) is 5.82 Å². The van der Waals surface area contributed by atoms with Crippen LogP contribution in [-0.4, -0.2) is 36.7 Å². The van der Waals surface area contributed by atoms with Crippen LogP contribution in [-0.2, 0) is 14.8 Å². The molecule has 19 heavy (non-hydrogen) atoms. The Morgan fingerprint density at radius 3 is 2.32 bits per heavy atom. The van der Waals surface area contributed by atoms with E-state index in [1.165, 1.54) is 19.3 Å². The maximum absolute atomic E-state index is 12.2. The van der Waals surface area contributed by atoms with E-state index in [9.17, 15) is 17.2 Å². The number of nitrogens with zero attached hydrogens (tertiary/aromatic N) is 2. The highest BCUT2D eigenvalue weighted by molar-refractivity contribution is 7.89. The van der Waals surface area contributed by atoms with Gasteiger partial charge in [-0.3, -0.25) is 0 Å². The summed E-state index contributed by atoms with van der Waals surface area (Å²) < 4.78 is 51.9. The third-order valence-corrected chi connectivity index (χ3v) is 3.69. The van der Waals surface area contributed by atoms with Crippen molar-refractivity contribution in [2.45, 2.75) is 31.6 Å². The molecule has 1 rings (SSSR count). The summed E-state index contributed by atoms with van der Waals surface area (Å²) in [6, 6.07) is 0. The third-order valence-electron chi connectivity index (χ3n) is 2.40. The molecule has 1 heterocycles. The maximum atomic E-state index is 12.2. The molecule has 0 radical (unpaired) electrons. The summed E-state index contributed by atoms with van der Waals surface area (Å²) in [5.74, 6) is 0.00720. The number of nitrogens with two attached hydrogens (primary N) is 1. The van der Waals surface area contributed by atoms with E-state index in [1.54, 1.807) is 6.92 Å². The van der Waals surface area contributed by atoms with E-state index >= 15 is 0 Å². The zero-order valence-corrected chi connectivity index (χ0v) is 11.3. The fourth-order valence-corrected chi connectivity index (χ4v) is 1.86. The van der Waals surface area contributed by atoms with Gasteiger partial charge in [0.1, 0.15) is 18.0 Å². The van der Waals surface area contributed by atoms with Gasteiger partial charge in [-0.2, -0.15) is 0 Å². The lowest BCUT2D eigenvalue weighted by Crippen LogP contribution is -2.34. The van der Waals surface area contributed by atoms with Crippen LogP contribution < -0.4 is 5.14 Å². The van der Waals surface area contributed by atoms with Gasteiger partial charge in [-0.15, -0.1) is 0 Å². The quantitative estimate of drug-likeness (QED) is 0.837. The number of aryl methyl sites for hydroxylation is 1. The third kappa shape index (κ3) is 4.77. The zero-order chi connectivity index (χ0) is 14.6. The van der Waals surface area contributed by atoms with Gasteiger partial charge in [0.2, 0.25) is 10.0 Å². The van der Waals surface area contributed by atoms with Gasteiger partial charge >= 0.3 is 0 Å². The number of rotatable bonds is 6. The summed E-state index contributed by atoms with van der Waals surface area (Å²) in [6.07, 6.45) is -1.07. The Balaban J connectivity index is 3.01. The van der Waals surface area contributed by atoms with E-state index in [1.807, 2.05) is 0 Å². The monoisotopic (exact) mass is 295 g/mol. The summed E-state index contributed by atoms with van der Waals surface area (Å²) in [5, 5.41) is 3.77. The molecule has 2 N–H and O–H groups in total. The Hall–Kier alpha value is -1.19. The van der Waals surface area contributed by atoms with Crippen LogP contribution in [0.25, 0.3) is 0 Å². The van der Waals surface area contributed by atoms with Crippen molar-refractivity contribution in [2.75, 3.05) is 6.61 Å². The number of halogens is 2. The topological polar surface area (TPSA) is 95.2 Å². The second-order valence-electron chi connectivity index (χ2n) is 4.06. The number of ether oxygens (including phenoxy) is 1. The molecular formula is C10H15F2N3O3S. The van der Waals surface area contributed by atoms with E-state index < -0.39 is 34.4 Å². The molecule has 0 aliphatic heterocycles. The molecule has 0 aliphatic carbocycles. The van der Waals surface area contributed by atoms with Crippen molar-refractivity contribution in [1.29, 1.82) is 0 Å². The summed E-state index contributed by atoms with van der Waals surface area (Å²) in [6.45, 7) is 2.08. The molecule has 1 aromatic rings. The fourth-order valence-electron chi connectivity index (χ4n) is 1.32. The first-order valence-corrected chi connectivity index (χ1v) is 7.02. The zero-order valence-electron chi connectivity index (χ0n) is 10.5. The highest BCUT2D eigenvalue weighted by Crippen LogP contribution is 2.22. The highest BCUT2D eigenvalue weighted by atomic mass is 32.2. The molecule has 0 saturated heterocycles. The average Bonchev–Trinajstić information content (AvgIpc) is 2.29. The van der Waals surface area contributed by atoms with Crippen LogP contribution >= 0.6 is 0 Å².